The fourth-order valence-corrected chi connectivity index (χ4v) is 3.55. The number of nitrogens with one attached hydrogen (secondary N) is 1. The van der Waals surface area contributed by atoms with Gasteiger partial charge in [-0.25, -0.2) is 0 Å². The molecule has 0 saturated heterocycles. The van der Waals surface area contributed by atoms with Gasteiger partial charge in [-0.3, -0.25) is 4.79 Å². The Morgan fingerprint density at radius 1 is 1.00 bits per heavy atom. The highest BCUT2D eigenvalue weighted by Gasteiger charge is 2.21. The first-order valence-corrected chi connectivity index (χ1v) is 8.90. The lowest BCUT2D eigenvalue weighted by molar-refractivity contribution is 0.0933. The number of carbonyl (C=O) groups is 1. The van der Waals surface area contributed by atoms with E-state index in [4.69, 9.17) is 11.6 Å². The predicted octanol–water partition coefficient (Wildman–Crippen LogP) is 5.05. The molecule has 1 N–H and O–H groups in total. The molecule has 124 valence electrons. The smallest absolute Gasteiger partial charge is 0.251 e. The molecule has 2 atom stereocenters. The Bertz CT molecular complexity index is 696. The minimum Gasteiger partial charge on any atom is -0.349 e. The van der Waals surface area contributed by atoms with Gasteiger partial charge in [0.25, 0.3) is 5.91 Å². The summed E-state index contributed by atoms with van der Waals surface area (Å²) in [5.74, 6) is -0.0164. The van der Waals surface area contributed by atoms with Crippen LogP contribution in [0.3, 0.4) is 0 Å². The standard InChI is InChI=1S/C21H22ClNO/c22-19-14-18(16-8-3-1-4-9-16)12-7-13-20(15-19)23-21(24)17-10-5-2-6-11-17/h1-6,8-12,19-20H,7,13-15H2,(H,23,24)/t19-,20+/m1/s1. The van der Waals surface area contributed by atoms with Crippen LogP contribution in [0.5, 0.6) is 0 Å². The van der Waals surface area contributed by atoms with Crippen LogP contribution >= 0.6 is 11.6 Å². The van der Waals surface area contributed by atoms with E-state index < -0.39 is 0 Å². The van der Waals surface area contributed by atoms with Gasteiger partial charge in [0.1, 0.15) is 0 Å². The molecule has 0 fully saturated rings. The molecule has 2 aromatic carbocycles. The van der Waals surface area contributed by atoms with Gasteiger partial charge in [0.2, 0.25) is 0 Å². The minimum absolute atomic E-state index is 0.0164. The molecule has 1 aliphatic rings. The van der Waals surface area contributed by atoms with E-state index in [0.717, 1.165) is 25.7 Å². The summed E-state index contributed by atoms with van der Waals surface area (Å²) in [6, 6.07) is 19.9. The SMILES string of the molecule is O=C(N[C@H]1CCC=C(c2ccccc2)C[C@@H](Cl)C1)c1ccccc1. The van der Waals surface area contributed by atoms with Crippen LogP contribution in [0.25, 0.3) is 5.57 Å². The van der Waals surface area contributed by atoms with Gasteiger partial charge in [0.05, 0.1) is 0 Å². The number of carbonyl (C=O) groups excluding carboxylic acids is 1. The van der Waals surface area contributed by atoms with E-state index in [1.807, 2.05) is 36.4 Å². The molecule has 0 aromatic heterocycles. The van der Waals surface area contributed by atoms with Crippen LogP contribution in [-0.2, 0) is 0 Å². The van der Waals surface area contributed by atoms with Crippen LogP contribution < -0.4 is 5.32 Å². The van der Waals surface area contributed by atoms with Gasteiger partial charge in [0, 0.05) is 17.0 Å². The van der Waals surface area contributed by atoms with Crippen molar-refractivity contribution in [3.8, 4) is 0 Å². The maximum Gasteiger partial charge on any atom is 0.251 e. The maximum atomic E-state index is 12.3. The van der Waals surface area contributed by atoms with Gasteiger partial charge in [-0.2, -0.15) is 0 Å². The molecule has 0 heterocycles. The fourth-order valence-electron chi connectivity index (χ4n) is 3.17. The topological polar surface area (TPSA) is 29.1 Å². The number of hydrogen-bond donors (Lipinski definition) is 1. The first-order chi connectivity index (χ1) is 11.7. The Hall–Kier alpha value is -2.06. The molecular formula is C21H22ClNO. The van der Waals surface area contributed by atoms with Crippen LogP contribution in [0.2, 0.25) is 0 Å². The summed E-state index contributed by atoms with van der Waals surface area (Å²) in [5, 5.41) is 3.16. The average Bonchev–Trinajstić information content (AvgIpc) is 2.60. The van der Waals surface area contributed by atoms with Gasteiger partial charge in [-0.1, -0.05) is 54.6 Å². The highest BCUT2D eigenvalue weighted by molar-refractivity contribution is 6.21. The Morgan fingerprint density at radius 2 is 1.67 bits per heavy atom. The van der Waals surface area contributed by atoms with E-state index in [1.54, 1.807) is 0 Å². The predicted molar refractivity (Wildman–Crippen MR) is 100 cm³/mol. The van der Waals surface area contributed by atoms with Crippen molar-refractivity contribution >= 4 is 23.1 Å². The second-order valence-corrected chi connectivity index (χ2v) is 6.86. The largest absolute Gasteiger partial charge is 0.349 e. The third-order valence-electron chi connectivity index (χ3n) is 4.40. The van der Waals surface area contributed by atoms with E-state index in [-0.39, 0.29) is 17.3 Å². The molecular weight excluding hydrogens is 318 g/mol. The zero-order valence-electron chi connectivity index (χ0n) is 13.6. The average molecular weight is 340 g/mol. The molecule has 0 bridgehead atoms. The third-order valence-corrected chi connectivity index (χ3v) is 4.74. The van der Waals surface area contributed by atoms with Gasteiger partial charge in [-0.05, 0) is 49.0 Å². The molecule has 3 heteroatoms. The molecule has 1 amide bonds. The second kappa shape index (κ2) is 8.16. The zero-order chi connectivity index (χ0) is 16.8. The highest BCUT2D eigenvalue weighted by atomic mass is 35.5. The van der Waals surface area contributed by atoms with E-state index >= 15 is 0 Å². The minimum atomic E-state index is -0.0164. The molecule has 0 unspecified atom stereocenters. The number of allylic oxidation sites excluding steroid dienone is 2. The number of alkyl halides is 1. The summed E-state index contributed by atoms with van der Waals surface area (Å²) < 4.78 is 0. The van der Waals surface area contributed by atoms with Gasteiger partial charge in [0.15, 0.2) is 0 Å². The van der Waals surface area contributed by atoms with Gasteiger partial charge >= 0.3 is 0 Å². The van der Waals surface area contributed by atoms with Crippen molar-refractivity contribution in [1.29, 1.82) is 0 Å². The highest BCUT2D eigenvalue weighted by Crippen LogP contribution is 2.28. The quantitative estimate of drug-likeness (QED) is 0.779. The van der Waals surface area contributed by atoms with E-state index in [0.29, 0.717) is 5.56 Å². The number of amides is 1. The molecule has 0 saturated carbocycles. The number of hydrogen-bond acceptors (Lipinski definition) is 1. The third kappa shape index (κ3) is 4.48. The Balaban J connectivity index is 1.65. The van der Waals surface area contributed by atoms with Crippen LogP contribution in [0, 0.1) is 0 Å². The van der Waals surface area contributed by atoms with Crippen molar-refractivity contribution in [2.75, 3.05) is 0 Å². The lowest BCUT2D eigenvalue weighted by Gasteiger charge is -2.24. The summed E-state index contributed by atoms with van der Waals surface area (Å²) in [6.45, 7) is 0. The van der Waals surface area contributed by atoms with Crippen molar-refractivity contribution in [2.24, 2.45) is 0 Å². The number of rotatable bonds is 3. The van der Waals surface area contributed by atoms with Crippen molar-refractivity contribution in [3.63, 3.8) is 0 Å². The molecule has 0 aliphatic heterocycles. The molecule has 2 nitrogen and oxygen atoms in total. The van der Waals surface area contributed by atoms with E-state index in [2.05, 4.69) is 35.7 Å². The van der Waals surface area contributed by atoms with Crippen LogP contribution in [0.15, 0.2) is 66.7 Å². The van der Waals surface area contributed by atoms with Crippen molar-refractivity contribution in [1.82, 2.24) is 5.32 Å². The molecule has 3 rings (SSSR count). The van der Waals surface area contributed by atoms with Gasteiger partial charge < -0.3 is 5.32 Å². The van der Waals surface area contributed by atoms with Crippen molar-refractivity contribution in [3.05, 3.63) is 77.9 Å². The summed E-state index contributed by atoms with van der Waals surface area (Å²) in [6.07, 6.45) is 5.77. The van der Waals surface area contributed by atoms with E-state index in [1.165, 1.54) is 11.1 Å². The Labute approximate surface area is 148 Å². The van der Waals surface area contributed by atoms with Crippen LogP contribution in [-0.4, -0.2) is 17.3 Å². The molecule has 0 spiro atoms. The molecule has 0 radical (unpaired) electrons. The van der Waals surface area contributed by atoms with Gasteiger partial charge in [-0.15, -0.1) is 11.6 Å². The Kier molecular flexibility index (Phi) is 5.71. The normalized spacial score (nSPS) is 21.3. The lowest BCUT2D eigenvalue weighted by Crippen LogP contribution is -2.37. The lowest BCUT2D eigenvalue weighted by atomic mass is 9.92. The summed E-state index contributed by atoms with van der Waals surface area (Å²) >= 11 is 6.57. The summed E-state index contributed by atoms with van der Waals surface area (Å²) in [5.41, 5.74) is 3.25. The zero-order valence-corrected chi connectivity index (χ0v) is 14.4. The van der Waals surface area contributed by atoms with Crippen molar-refractivity contribution < 1.29 is 4.79 Å². The second-order valence-electron chi connectivity index (χ2n) is 6.25. The monoisotopic (exact) mass is 339 g/mol. The first-order valence-electron chi connectivity index (χ1n) is 8.47. The molecule has 1 aliphatic carbocycles. The molecule has 2 aromatic rings. The van der Waals surface area contributed by atoms with Crippen molar-refractivity contribution in [2.45, 2.75) is 37.1 Å². The maximum absolute atomic E-state index is 12.3. The number of halogens is 1. The molecule has 24 heavy (non-hydrogen) atoms. The number of benzene rings is 2. The summed E-state index contributed by atoms with van der Waals surface area (Å²) in [4.78, 5) is 12.3. The van der Waals surface area contributed by atoms with Crippen LogP contribution in [0.4, 0.5) is 0 Å². The van der Waals surface area contributed by atoms with E-state index in [9.17, 15) is 4.79 Å². The fraction of sp³-hybridized carbons (Fsp3) is 0.286. The summed E-state index contributed by atoms with van der Waals surface area (Å²) in [7, 11) is 0. The van der Waals surface area contributed by atoms with Crippen LogP contribution in [0.1, 0.15) is 41.6 Å². The first kappa shape index (κ1) is 16.8. The Morgan fingerprint density at radius 3 is 2.38 bits per heavy atom.